The Kier molecular flexibility index (Phi) is 4.75. The molecular formula is C17H11ClN4OS. The molecule has 1 heterocycles. The molecule has 5 nitrogen and oxygen atoms in total. The van der Waals surface area contributed by atoms with E-state index in [4.69, 9.17) is 16.9 Å². The summed E-state index contributed by atoms with van der Waals surface area (Å²) in [6, 6.07) is 15.8. The van der Waals surface area contributed by atoms with Gasteiger partial charge in [0.25, 0.3) is 5.91 Å². The highest BCUT2D eigenvalue weighted by Gasteiger charge is 2.08. The molecule has 3 aromatic rings. The molecule has 0 radical (unpaired) electrons. The van der Waals surface area contributed by atoms with Crippen LogP contribution >= 0.6 is 22.9 Å². The summed E-state index contributed by atoms with van der Waals surface area (Å²) in [7, 11) is 0. The Morgan fingerprint density at radius 1 is 1.12 bits per heavy atom. The van der Waals surface area contributed by atoms with Gasteiger partial charge in [0.1, 0.15) is 0 Å². The third-order valence-electron chi connectivity index (χ3n) is 3.20. The second-order valence-corrected chi connectivity index (χ2v) is 6.11. The zero-order valence-electron chi connectivity index (χ0n) is 12.3. The summed E-state index contributed by atoms with van der Waals surface area (Å²) in [6.07, 6.45) is 0. The van der Waals surface area contributed by atoms with Crippen LogP contribution in [0.2, 0.25) is 5.02 Å². The predicted octanol–water partition coefficient (Wildman–Crippen LogP) is 4.09. The number of hydrogen-bond donors (Lipinski definition) is 2. The number of hydrazine groups is 1. The van der Waals surface area contributed by atoms with Crippen LogP contribution in [-0.2, 0) is 0 Å². The second-order valence-electron chi connectivity index (χ2n) is 4.81. The lowest BCUT2D eigenvalue weighted by Crippen LogP contribution is -2.29. The molecule has 0 fully saturated rings. The molecule has 0 saturated heterocycles. The molecule has 1 amide bonds. The number of aromatic nitrogens is 1. The van der Waals surface area contributed by atoms with Crippen molar-refractivity contribution in [2.45, 2.75) is 0 Å². The molecule has 2 aromatic carbocycles. The van der Waals surface area contributed by atoms with Crippen molar-refractivity contribution < 1.29 is 4.79 Å². The van der Waals surface area contributed by atoms with Crippen molar-refractivity contribution in [2.24, 2.45) is 0 Å². The molecule has 118 valence electrons. The summed E-state index contributed by atoms with van der Waals surface area (Å²) in [5, 5.41) is 11.8. The van der Waals surface area contributed by atoms with Gasteiger partial charge in [-0.3, -0.25) is 15.6 Å². The first-order valence-corrected chi connectivity index (χ1v) is 8.19. The number of rotatable bonds is 4. The van der Waals surface area contributed by atoms with E-state index in [1.54, 1.807) is 36.4 Å². The predicted molar refractivity (Wildman–Crippen MR) is 94.8 cm³/mol. The summed E-state index contributed by atoms with van der Waals surface area (Å²) in [6.45, 7) is 0. The van der Waals surface area contributed by atoms with Crippen LogP contribution < -0.4 is 10.9 Å². The van der Waals surface area contributed by atoms with Gasteiger partial charge in [0.15, 0.2) is 0 Å². The number of carbonyl (C=O) groups excluding carboxylic acids is 1. The smallest absolute Gasteiger partial charge is 0.269 e. The van der Waals surface area contributed by atoms with Gasteiger partial charge in [-0.05, 0) is 36.4 Å². The van der Waals surface area contributed by atoms with Crippen molar-refractivity contribution in [3.8, 4) is 17.3 Å². The van der Waals surface area contributed by atoms with Crippen molar-refractivity contribution in [3.05, 3.63) is 70.1 Å². The maximum atomic E-state index is 12.0. The van der Waals surface area contributed by atoms with Crippen molar-refractivity contribution in [1.29, 1.82) is 5.26 Å². The number of nitrogens with zero attached hydrogens (tertiary/aromatic N) is 2. The normalized spacial score (nSPS) is 10.0. The van der Waals surface area contributed by atoms with Crippen LogP contribution in [0.25, 0.3) is 11.3 Å². The number of benzene rings is 2. The topological polar surface area (TPSA) is 77.8 Å². The van der Waals surface area contributed by atoms with E-state index in [1.165, 1.54) is 11.3 Å². The minimum absolute atomic E-state index is 0.276. The molecular weight excluding hydrogens is 344 g/mol. The van der Waals surface area contributed by atoms with Gasteiger partial charge in [-0.25, -0.2) is 4.98 Å². The molecule has 0 spiro atoms. The summed E-state index contributed by atoms with van der Waals surface area (Å²) in [4.78, 5) is 16.4. The van der Waals surface area contributed by atoms with Gasteiger partial charge >= 0.3 is 0 Å². The maximum Gasteiger partial charge on any atom is 0.269 e. The quantitative estimate of drug-likeness (QED) is 0.692. The van der Waals surface area contributed by atoms with Crippen LogP contribution in [-0.4, -0.2) is 10.9 Å². The Morgan fingerprint density at radius 2 is 1.83 bits per heavy atom. The number of amides is 1. The number of anilines is 1. The molecule has 0 atom stereocenters. The van der Waals surface area contributed by atoms with E-state index in [-0.39, 0.29) is 5.91 Å². The van der Waals surface area contributed by atoms with Gasteiger partial charge < -0.3 is 0 Å². The zero-order valence-corrected chi connectivity index (χ0v) is 13.9. The van der Waals surface area contributed by atoms with Gasteiger partial charge in [-0.2, -0.15) is 5.26 Å². The number of thiazole rings is 1. The van der Waals surface area contributed by atoms with E-state index in [9.17, 15) is 4.79 Å². The highest BCUT2D eigenvalue weighted by atomic mass is 35.5. The molecule has 0 bridgehead atoms. The second kappa shape index (κ2) is 7.13. The molecule has 0 aliphatic heterocycles. The van der Waals surface area contributed by atoms with Crippen molar-refractivity contribution in [1.82, 2.24) is 10.4 Å². The van der Waals surface area contributed by atoms with E-state index < -0.39 is 0 Å². The van der Waals surface area contributed by atoms with Crippen LogP contribution in [0.3, 0.4) is 0 Å². The highest BCUT2D eigenvalue weighted by molar-refractivity contribution is 7.14. The minimum Gasteiger partial charge on any atom is -0.273 e. The van der Waals surface area contributed by atoms with Crippen LogP contribution in [0.15, 0.2) is 53.9 Å². The van der Waals surface area contributed by atoms with E-state index in [0.29, 0.717) is 21.3 Å². The van der Waals surface area contributed by atoms with Gasteiger partial charge in [0, 0.05) is 21.5 Å². The van der Waals surface area contributed by atoms with Crippen molar-refractivity contribution >= 4 is 34.0 Å². The zero-order chi connectivity index (χ0) is 16.9. The summed E-state index contributed by atoms with van der Waals surface area (Å²) >= 11 is 7.17. The first-order chi connectivity index (χ1) is 11.7. The average molecular weight is 355 g/mol. The van der Waals surface area contributed by atoms with Crippen LogP contribution in [0, 0.1) is 11.3 Å². The van der Waals surface area contributed by atoms with Crippen LogP contribution in [0.5, 0.6) is 0 Å². The first kappa shape index (κ1) is 16.0. The summed E-state index contributed by atoms with van der Waals surface area (Å²) < 4.78 is 0. The van der Waals surface area contributed by atoms with Gasteiger partial charge in [0.2, 0.25) is 5.13 Å². The van der Waals surface area contributed by atoms with E-state index in [2.05, 4.69) is 21.9 Å². The average Bonchev–Trinajstić information content (AvgIpc) is 3.09. The van der Waals surface area contributed by atoms with Crippen molar-refractivity contribution in [2.75, 3.05) is 5.43 Å². The largest absolute Gasteiger partial charge is 0.273 e. The number of nitriles is 1. The first-order valence-electron chi connectivity index (χ1n) is 6.94. The molecule has 7 heteroatoms. The van der Waals surface area contributed by atoms with E-state index in [1.807, 2.05) is 17.5 Å². The molecule has 0 saturated carbocycles. The lowest BCUT2D eigenvalue weighted by Gasteiger charge is -2.05. The number of halogens is 1. The SMILES string of the molecule is N#Cc1ccc(-c2csc(NNC(=O)c3ccc(Cl)cc3)n2)cc1. The molecule has 0 aliphatic rings. The summed E-state index contributed by atoms with van der Waals surface area (Å²) in [5.41, 5.74) is 8.15. The third-order valence-corrected chi connectivity index (χ3v) is 4.21. The Labute approximate surface area is 147 Å². The number of nitrogens with one attached hydrogen (secondary N) is 2. The Balaban J connectivity index is 1.64. The fourth-order valence-corrected chi connectivity index (χ4v) is 2.76. The molecule has 0 unspecified atom stereocenters. The van der Waals surface area contributed by atoms with Gasteiger partial charge in [0.05, 0.1) is 17.3 Å². The molecule has 2 N–H and O–H groups in total. The van der Waals surface area contributed by atoms with E-state index in [0.717, 1.165) is 11.3 Å². The minimum atomic E-state index is -0.276. The standard InChI is InChI=1S/C17H11ClN4OS/c18-14-7-5-13(6-8-14)16(23)21-22-17-20-15(10-24-17)12-3-1-11(9-19)2-4-12/h1-8,10H,(H,20,22)(H,21,23). The monoisotopic (exact) mass is 354 g/mol. The summed E-state index contributed by atoms with van der Waals surface area (Å²) in [5.74, 6) is -0.276. The number of carbonyl (C=O) groups is 1. The number of hydrogen-bond acceptors (Lipinski definition) is 5. The van der Waals surface area contributed by atoms with E-state index >= 15 is 0 Å². The molecule has 1 aromatic heterocycles. The molecule has 3 rings (SSSR count). The van der Waals surface area contributed by atoms with Gasteiger partial charge in [-0.15, -0.1) is 11.3 Å². The molecule has 24 heavy (non-hydrogen) atoms. The lowest BCUT2D eigenvalue weighted by molar-refractivity contribution is 0.0962. The lowest BCUT2D eigenvalue weighted by atomic mass is 10.1. The molecule has 0 aliphatic carbocycles. The Bertz CT molecular complexity index is 898. The fraction of sp³-hybridized carbons (Fsp3) is 0. The Morgan fingerprint density at radius 3 is 2.50 bits per heavy atom. The van der Waals surface area contributed by atoms with Crippen molar-refractivity contribution in [3.63, 3.8) is 0 Å². The third kappa shape index (κ3) is 3.71. The highest BCUT2D eigenvalue weighted by Crippen LogP contribution is 2.24. The van der Waals surface area contributed by atoms with Crippen LogP contribution in [0.4, 0.5) is 5.13 Å². The van der Waals surface area contributed by atoms with Gasteiger partial charge in [-0.1, -0.05) is 23.7 Å². The maximum absolute atomic E-state index is 12.0. The Hall–Kier alpha value is -2.88. The van der Waals surface area contributed by atoms with Crippen LogP contribution in [0.1, 0.15) is 15.9 Å². The fourth-order valence-electron chi connectivity index (χ4n) is 1.96.